The number of nitrogens with zero attached hydrogens (tertiary/aromatic N) is 2. The first-order valence-electron chi connectivity index (χ1n) is 6.40. The zero-order chi connectivity index (χ0) is 15.3. The van der Waals surface area contributed by atoms with Crippen LogP contribution in [-0.2, 0) is 23.2 Å². The van der Waals surface area contributed by atoms with Gasteiger partial charge >= 0.3 is 0 Å². The fourth-order valence-corrected chi connectivity index (χ4v) is 2.57. The van der Waals surface area contributed by atoms with Crippen molar-refractivity contribution in [3.8, 4) is 0 Å². The molecule has 0 aliphatic heterocycles. The van der Waals surface area contributed by atoms with Crippen LogP contribution in [0.1, 0.15) is 26.5 Å². The maximum absolute atomic E-state index is 11.9. The molecular weight excluding hydrogens is 278 g/mol. The Labute approximate surface area is 123 Å². The Kier molecular flexibility index (Phi) is 6.22. The summed E-state index contributed by atoms with van der Waals surface area (Å²) in [5.74, 6) is 0.0117. The zero-order valence-electron chi connectivity index (χ0n) is 12.2. The number of ketones is 1. The van der Waals surface area contributed by atoms with Crippen molar-refractivity contribution in [2.45, 2.75) is 38.6 Å². The lowest BCUT2D eigenvalue weighted by Crippen LogP contribution is -2.44. The quantitative estimate of drug-likeness (QED) is 0.725. The highest BCUT2D eigenvalue weighted by Crippen LogP contribution is 2.17. The van der Waals surface area contributed by atoms with Gasteiger partial charge in [-0.15, -0.1) is 0 Å². The zero-order valence-corrected chi connectivity index (χ0v) is 13.0. The van der Waals surface area contributed by atoms with Crippen LogP contribution in [0.4, 0.5) is 0 Å². The summed E-state index contributed by atoms with van der Waals surface area (Å²) < 4.78 is 1.74. The van der Waals surface area contributed by atoms with Crippen molar-refractivity contribution in [1.82, 2.24) is 14.9 Å². The molecule has 1 rings (SSSR count). The monoisotopic (exact) mass is 299 g/mol. The summed E-state index contributed by atoms with van der Waals surface area (Å²) in [6.07, 6.45) is 1.58. The molecule has 0 fully saturated rings. The molecule has 2 N–H and O–H groups in total. The lowest BCUT2D eigenvalue weighted by atomic mass is 10.0. The lowest BCUT2D eigenvalue weighted by molar-refractivity contribution is -0.126. The predicted molar refractivity (Wildman–Crippen MR) is 77.3 cm³/mol. The predicted octanol–water partition coefficient (Wildman–Crippen LogP) is 0.734. The van der Waals surface area contributed by atoms with E-state index in [0.29, 0.717) is 10.9 Å². The van der Waals surface area contributed by atoms with Gasteiger partial charge in [0, 0.05) is 7.05 Å². The number of Topliss-reactive ketones (excluding diaryl/α,β-unsaturated/α-hetero) is 1. The average Bonchev–Trinajstić information content (AvgIpc) is 2.73. The first-order valence-corrected chi connectivity index (χ1v) is 7.39. The van der Waals surface area contributed by atoms with Crippen LogP contribution in [-0.4, -0.2) is 38.1 Å². The van der Waals surface area contributed by atoms with Gasteiger partial charge in [-0.05, 0) is 12.8 Å². The number of amides is 1. The van der Waals surface area contributed by atoms with Gasteiger partial charge in [-0.25, -0.2) is 4.98 Å². The molecule has 1 heterocycles. The Morgan fingerprint density at radius 3 is 2.60 bits per heavy atom. The molecule has 0 saturated carbocycles. The first-order chi connectivity index (χ1) is 9.36. The van der Waals surface area contributed by atoms with E-state index in [1.807, 2.05) is 13.8 Å². The second kappa shape index (κ2) is 7.44. The minimum Gasteiger partial charge on any atom is -0.390 e. The largest absolute Gasteiger partial charge is 0.390 e. The van der Waals surface area contributed by atoms with Crippen molar-refractivity contribution in [1.29, 1.82) is 0 Å². The second-order valence-corrected chi connectivity index (χ2v) is 5.88. The van der Waals surface area contributed by atoms with E-state index in [1.165, 1.54) is 18.7 Å². The molecule has 0 spiro atoms. The third kappa shape index (κ3) is 4.35. The average molecular weight is 299 g/mol. The Bertz CT molecular complexity index is 485. The standard InChI is InChI=1S/C13H21N3O3S/c1-8(2)12(9(3)18)15-11(19)7-20-13-14-5-10(6-17)16(13)4/h5,8,12,17H,6-7H2,1-4H3,(H,15,19). The Hall–Kier alpha value is -1.34. The molecule has 0 saturated heterocycles. The lowest BCUT2D eigenvalue weighted by Gasteiger charge is -2.19. The molecule has 1 atom stereocenters. The number of aliphatic hydroxyl groups is 1. The third-order valence-corrected chi connectivity index (χ3v) is 4.00. The maximum Gasteiger partial charge on any atom is 0.231 e. The molecule has 0 aliphatic rings. The molecule has 112 valence electrons. The number of nitrogens with one attached hydrogen (secondary N) is 1. The van der Waals surface area contributed by atoms with Gasteiger partial charge in [0.1, 0.15) is 0 Å². The summed E-state index contributed by atoms with van der Waals surface area (Å²) in [5, 5.41) is 12.5. The Morgan fingerprint density at radius 2 is 2.15 bits per heavy atom. The second-order valence-electron chi connectivity index (χ2n) is 4.94. The van der Waals surface area contributed by atoms with Gasteiger partial charge in [-0.2, -0.15) is 0 Å². The number of carbonyl (C=O) groups is 2. The molecule has 0 bridgehead atoms. The van der Waals surface area contributed by atoms with E-state index in [0.717, 1.165) is 0 Å². The number of imidazole rings is 1. The van der Waals surface area contributed by atoms with Crippen LogP contribution in [0, 0.1) is 5.92 Å². The van der Waals surface area contributed by atoms with Crippen LogP contribution in [0.5, 0.6) is 0 Å². The van der Waals surface area contributed by atoms with Gasteiger partial charge in [-0.3, -0.25) is 9.59 Å². The number of rotatable bonds is 7. The van der Waals surface area contributed by atoms with Crippen molar-refractivity contribution >= 4 is 23.5 Å². The molecule has 0 aliphatic carbocycles. The Morgan fingerprint density at radius 1 is 1.50 bits per heavy atom. The van der Waals surface area contributed by atoms with E-state index in [9.17, 15) is 9.59 Å². The van der Waals surface area contributed by atoms with Crippen LogP contribution >= 0.6 is 11.8 Å². The summed E-state index contributed by atoms with van der Waals surface area (Å²) in [5.41, 5.74) is 0.691. The van der Waals surface area contributed by atoms with Crippen molar-refractivity contribution in [2.24, 2.45) is 13.0 Å². The smallest absolute Gasteiger partial charge is 0.231 e. The van der Waals surface area contributed by atoms with Crippen molar-refractivity contribution in [2.75, 3.05) is 5.75 Å². The molecule has 0 radical (unpaired) electrons. The first kappa shape index (κ1) is 16.7. The summed E-state index contributed by atoms with van der Waals surface area (Å²) in [6.45, 7) is 5.18. The summed E-state index contributed by atoms with van der Waals surface area (Å²) in [6, 6.07) is -0.447. The highest BCUT2D eigenvalue weighted by Gasteiger charge is 2.20. The number of hydrogen-bond acceptors (Lipinski definition) is 5. The van der Waals surface area contributed by atoms with Gasteiger partial charge in [-0.1, -0.05) is 25.6 Å². The van der Waals surface area contributed by atoms with Crippen LogP contribution in [0.2, 0.25) is 0 Å². The summed E-state index contributed by atoms with van der Waals surface area (Å²) in [7, 11) is 1.78. The van der Waals surface area contributed by atoms with Crippen molar-refractivity contribution in [3.63, 3.8) is 0 Å². The van der Waals surface area contributed by atoms with Gasteiger partial charge in [0.05, 0.1) is 30.3 Å². The SMILES string of the molecule is CC(=O)C(NC(=O)CSc1ncc(CO)n1C)C(C)C. The fraction of sp³-hybridized carbons (Fsp3) is 0.615. The van der Waals surface area contributed by atoms with Crippen molar-refractivity contribution in [3.05, 3.63) is 11.9 Å². The van der Waals surface area contributed by atoms with Crippen LogP contribution in [0.25, 0.3) is 0 Å². The van der Waals surface area contributed by atoms with E-state index >= 15 is 0 Å². The number of carbonyl (C=O) groups excluding carboxylic acids is 2. The molecule has 1 aromatic heterocycles. The van der Waals surface area contributed by atoms with E-state index in [1.54, 1.807) is 17.8 Å². The molecule has 1 aromatic rings. The van der Waals surface area contributed by atoms with Gasteiger partial charge in [0.15, 0.2) is 10.9 Å². The van der Waals surface area contributed by atoms with E-state index in [2.05, 4.69) is 10.3 Å². The molecule has 1 amide bonds. The van der Waals surface area contributed by atoms with Gasteiger partial charge < -0.3 is 15.0 Å². The molecule has 6 nitrogen and oxygen atoms in total. The van der Waals surface area contributed by atoms with Gasteiger partial charge in [0.25, 0.3) is 0 Å². The van der Waals surface area contributed by atoms with E-state index in [-0.39, 0.29) is 30.0 Å². The number of thioether (sulfide) groups is 1. The van der Waals surface area contributed by atoms with Crippen molar-refractivity contribution < 1.29 is 14.7 Å². The molecule has 20 heavy (non-hydrogen) atoms. The minimum absolute atomic E-state index is 0.0436. The molecular formula is C13H21N3O3S. The third-order valence-electron chi connectivity index (χ3n) is 2.96. The van der Waals surface area contributed by atoms with Crippen LogP contribution in [0.15, 0.2) is 11.4 Å². The van der Waals surface area contributed by atoms with Gasteiger partial charge in [0.2, 0.25) is 5.91 Å². The highest BCUT2D eigenvalue weighted by molar-refractivity contribution is 7.99. The van der Waals surface area contributed by atoms with Crippen LogP contribution in [0.3, 0.4) is 0 Å². The number of aliphatic hydroxyl groups excluding tert-OH is 1. The molecule has 7 heteroatoms. The van der Waals surface area contributed by atoms with Crippen LogP contribution < -0.4 is 5.32 Å². The normalized spacial score (nSPS) is 12.5. The summed E-state index contributed by atoms with van der Waals surface area (Å²) in [4.78, 5) is 27.4. The molecule has 0 aromatic carbocycles. The molecule has 1 unspecified atom stereocenters. The highest BCUT2D eigenvalue weighted by atomic mass is 32.2. The fourth-order valence-electron chi connectivity index (χ4n) is 1.79. The van der Waals surface area contributed by atoms with E-state index < -0.39 is 6.04 Å². The minimum atomic E-state index is -0.447. The number of aromatic nitrogens is 2. The Balaban J connectivity index is 2.54. The maximum atomic E-state index is 11.9. The number of hydrogen-bond donors (Lipinski definition) is 2. The topological polar surface area (TPSA) is 84.2 Å². The summed E-state index contributed by atoms with van der Waals surface area (Å²) >= 11 is 1.27. The van der Waals surface area contributed by atoms with E-state index in [4.69, 9.17) is 5.11 Å².